The number of benzene rings is 1. The van der Waals surface area contributed by atoms with Gasteiger partial charge in [-0.3, -0.25) is 10.1 Å². The average Bonchev–Trinajstić information content (AvgIpc) is 2.35. The van der Waals surface area contributed by atoms with Gasteiger partial charge in [-0.2, -0.15) is 0 Å². The molecule has 0 aliphatic carbocycles. The third-order valence-electron chi connectivity index (χ3n) is 3.34. The zero-order chi connectivity index (χ0) is 14.6. The number of anilines is 1. The zero-order valence-corrected chi connectivity index (χ0v) is 11.3. The first kappa shape index (κ1) is 14.9. The number of carboxylic acid groups (broad SMARTS) is 1. The van der Waals surface area contributed by atoms with Crippen molar-refractivity contribution in [3.05, 3.63) is 33.9 Å². The molecule has 0 atom stereocenters. The third-order valence-corrected chi connectivity index (χ3v) is 3.34. The van der Waals surface area contributed by atoms with E-state index >= 15 is 0 Å². The molecular formula is C13H18N2O4. The van der Waals surface area contributed by atoms with Crippen molar-refractivity contribution in [2.75, 3.05) is 5.32 Å². The van der Waals surface area contributed by atoms with Gasteiger partial charge in [-0.05, 0) is 31.4 Å². The van der Waals surface area contributed by atoms with Gasteiger partial charge in [-0.25, -0.2) is 4.79 Å². The van der Waals surface area contributed by atoms with E-state index in [9.17, 15) is 20.0 Å². The molecule has 6 heteroatoms. The molecule has 0 heterocycles. The number of aryl methyl sites for hydroxylation is 1. The highest BCUT2D eigenvalue weighted by Crippen LogP contribution is 2.30. The van der Waals surface area contributed by atoms with Gasteiger partial charge in [0.1, 0.15) is 11.2 Å². The fourth-order valence-corrected chi connectivity index (χ4v) is 1.95. The van der Waals surface area contributed by atoms with Crippen molar-refractivity contribution >= 4 is 17.3 Å². The largest absolute Gasteiger partial charge is 0.480 e. The highest BCUT2D eigenvalue weighted by Gasteiger charge is 2.36. The van der Waals surface area contributed by atoms with Crippen LogP contribution in [0, 0.1) is 17.0 Å². The van der Waals surface area contributed by atoms with Crippen LogP contribution in [0.3, 0.4) is 0 Å². The number of hydrogen-bond acceptors (Lipinski definition) is 4. The summed E-state index contributed by atoms with van der Waals surface area (Å²) in [6.07, 6.45) is 0.674. The number of nitrogens with zero attached hydrogens (tertiary/aromatic N) is 1. The van der Waals surface area contributed by atoms with Crippen molar-refractivity contribution < 1.29 is 14.8 Å². The van der Waals surface area contributed by atoms with Crippen LogP contribution in [-0.4, -0.2) is 21.5 Å². The van der Waals surface area contributed by atoms with Gasteiger partial charge in [0.05, 0.1) is 4.92 Å². The second-order valence-corrected chi connectivity index (χ2v) is 4.50. The minimum absolute atomic E-state index is 0.113. The normalized spacial score (nSPS) is 11.1. The van der Waals surface area contributed by atoms with Gasteiger partial charge in [-0.15, -0.1) is 0 Å². The summed E-state index contributed by atoms with van der Waals surface area (Å²) >= 11 is 0. The molecule has 19 heavy (non-hydrogen) atoms. The van der Waals surface area contributed by atoms with E-state index < -0.39 is 16.4 Å². The van der Waals surface area contributed by atoms with Crippen LogP contribution in [0.4, 0.5) is 11.4 Å². The third kappa shape index (κ3) is 3.01. The summed E-state index contributed by atoms with van der Waals surface area (Å²) in [5.41, 5.74) is -0.215. The van der Waals surface area contributed by atoms with Crippen LogP contribution in [0.2, 0.25) is 0 Å². The maximum Gasteiger partial charge on any atom is 0.329 e. The Hall–Kier alpha value is -2.11. The molecule has 0 aliphatic heterocycles. The molecule has 1 aromatic carbocycles. The van der Waals surface area contributed by atoms with Gasteiger partial charge in [0.25, 0.3) is 5.69 Å². The summed E-state index contributed by atoms with van der Waals surface area (Å²) in [5.74, 6) is -1.01. The van der Waals surface area contributed by atoms with Crippen molar-refractivity contribution in [3.63, 3.8) is 0 Å². The molecule has 104 valence electrons. The first-order chi connectivity index (χ1) is 8.86. The fourth-order valence-electron chi connectivity index (χ4n) is 1.95. The summed E-state index contributed by atoms with van der Waals surface area (Å²) in [5, 5.41) is 23.2. The molecule has 1 rings (SSSR count). The molecule has 2 N–H and O–H groups in total. The predicted octanol–water partition coefficient (Wildman–Crippen LogP) is 2.96. The Kier molecular flexibility index (Phi) is 4.47. The molecule has 1 aromatic rings. The van der Waals surface area contributed by atoms with E-state index in [1.54, 1.807) is 32.9 Å². The lowest BCUT2D eigenvalue weighted by atomic mass is 9.92. The van der Waals surface area contributed by atoms with Crippen LogP contribution < -0.4 is 5.32 Å². The molecule has 0 radical (unpaired) electrons. The first-order valence-corrected chi connectivity index (χ1v) is 6.13. The van der Waals surface area contributed by atoms with E-state index in [0.29, 0.717) is 12.8 Å². The van der Waals surface area contributed by atoms with E-state index in [2.05, 4.69) is 5.32 Å². The van der Waals surface area contributed by atoms with E-state index in [4.69, 9.17) is 0 Å². The first-order valence-electron chi connectivity index (χ1n) is 6.13. The van der Waals surface area contributed by atoms with Gasteiger partial charge in [0, 0.05) is 6.07 Å². The van der Waals surface area contributed by atoms with Crippen molar-refractivity contribution in [1.82, 2.24) is 0 Å². The number of carboxylic acids is 1. The lowest BCUT2D eigenvalue weighted by Crippen LogP contribution is -2.45. The van der Waals surface area contributed by atoms with Crippen LogP contribution in [0.15, 0.2) is 18.2 Å². The number of carbonyl (C=O) groups is 1. The summed E-state index contributed by atoms with van der Waals surface area (Å²) in [6.45, 7) is 5.29. The van der Waals surface area contributed by atoms with Crippen LogP contribution >= 0.6 is 0 Å². The molecule has 0 saturated carbocycles. The number of nitrogens with one attached hydrogen (secondary N) is 1. The van der Waals surface area contributed by atoms with Crippen molar-refractivity contribution in [3.8, 4) is 0 Å². The summed E-state index contributed by atoms with van der Waals surface area (Å²) in [4.78, 5) is 21.9. The molecule has 0 aliphatic rings. The quantitative estimate of drug-likeness (QED) is 0.610. The van der Waals surface area contributed by atoms with Gasteiger partial charge < -0.3 is 10.4 Å². The molecule has 0 unspecified atom stereocenters. The van der Waals surface area contributed by atoms with Crippen LogP contribution in [-0.2, 0) is 4.79 Å². The molecule has 0 bridgehead atoms. The number of hydrogen-bond donors (Lipinski definition) is 2. The van der Waals surface area contributed by atoms with E-state index in [0.717, 1.165) is 5.56 Å². The topological polar surface area (TPSA) is 92.5 Å². The molecular weight excluding hydrogens is 248 g/mol. The average molecular weight is 266 g/mol. The Morgan fingerprint density at radius 3 is 2.42 bits per heavy atom. The van der Waals surface area contributed by atoms with Gasteiger partial charge >= 0.3 is 5.97 Å². The minimum atomic E-state index is -1.18. The monoisotopic (exact) mass is 266 g/mol. The lowest BCUT2D eigenvalue weighted by molar-refractivity contribution is -0.384. The summed E-state index contributed by atoms with van der Waals surface area (Å²) in [6, 6.07) is 4.61. The predicted molar refractivity (Wildman–Crippen MR) is 72.4 cm³/mol. The highest BCUT2D eigenvalue weighted by atomic mass is 16.6. The molecule has 0 amide bonds. The van der Waals surface area contributed by atoms with Gasteiger partial charge in [0.2, 0.25) is 0 Å². The Morgan fingerprint density at radius 2 is 2.00 bits per heavy atom. The Morgan fingerprint density at radius 1 is 1.42 bits per heavy atom. The van der Waals surface area contributed by atoms with E-state index in [-0.39, 0.29) is 11.4 Å². The smallest absolute Gasteiger partial charge is 0.329 e. The summed E-state index contributed by atoms with van der Waals surface area (Å²) < 4.78 is 0. The Bertz CT molecular complexity index is 495. The van der Waals surface area contributed by atoms with Gasteiger partial charge in [0.15, 0.2) is 0 Å². The maximum absolute atomic E-state index is 11.4. The lowest BCUT2D eigenvalue weighted by Gasteiger charge is -2.29. The van der Waals surface area contributed by atoms with Crippen molar-refractivity contribution in [1.29, 1.82) is 0 Å². The standard InChI is InChI=1S/C13H18N2O4/c1-4-13(5-2,12(16)17)14-10-8-9(3)6-7-11(10)15(18)19/h6-8,14H,4-5H2,1-3H3,(H,16,17). The Labute approximate surface area is 111 Å². The van der Waals surface area contributed by atoms with Crippen LogP contribution in [0.1, 0.15) is 32.3 Å². The number of nitro benzene ring substituents is 1. The molecule has 0 fully saturated rings. The zero-order valence-electron chi connectivity index (χ0n) is 11.3. The van der Waals surface area contributed by atoms with Crippen molar-refractivity contribution in [2.45, 2.75) is 39.2 Å². The highest BCUT2D eigenvalue weighted by molar-refractivity contribution is 5.84. The summed E-state index contributed by atoms with van der Waals surface area (Å²) in [7, 11) is 0. The maximum atomic E-state index is 11.4. The van der Waals surface area contributed by atoms with Crippen molar-refractivity contribution in [2.24, 2.45) is 0 Å². The molecule has 0 saturated heterocycles. The van der Waals surface area contributed by atoms with E-state index in [1.165, 1.54) is 6.07 Å². The molecule has 6 nitrogen and oxygen atoms in total. The second kappa shape index (κ2) is 5.69. The Balaban J connectivity index is 3.26. The van der Waals surface area contributed by atoms with Gasteiger partial charge in [-0.1, -0.05) is 19.9 Å². The second-order valence-electron chi connectivity index (χ2n) is 4.50. The number of aliphatic carboxylic acids is 1. The number of rotatable bonds is 6. The SMILES string of the molecule is CCC(CC)(Nc1cc(C)ccc1[N+](=O)[O-])C(=O)O. The van der Waals surface area contributed by atoms with Crippen LogP contribution in [0.5, 0.6) is 0 Å². The number of nitro groups is 1. The van der Waals surface area contributed by atoms with Crippen LogP contribution in [0.25, 0.3) is 0 Å². The van der Waals surface area contributed by atoms with E-state index in [1.807, 2.05) is 0 Å². The fraction of sp³-hybridized carbons (Fsp3) is 0.462. The minimum Gasteiger partial charge on any atom is -0.480 e. The molecule has 0 aromatic heterocycles. The molecule has 0 spiro atoms.